The summed E-state index contributed by atoms with van der Waals surface area (Å²) >= 11 is 0. The van der Waals surface area contributed by atoms with Gasteiger partial charge in [0.05, 0.1) is 0 Å². The zero-order chi connectivity index (χ0) is 9.68. The maximum atomic E-state index is 9.50. The molecule has 0 aromatic heterocycles. The molecule has 0 spiro atoms. The van der Waals surface area contributed by atoms with Gasteiger partial charge in [-0.1, -0.05) is 18.2 Å². The van der Waals surface area contributed by atoms with E-state index < -0.39 is 0 Å². The van der Waals surface area contributed by atoms with Crippen molar-refractivity contribution in [3.8, 4) is 5.75 Å². The molecule has 0 amide bonds. The van der Waals surface area contributed by atoms with E-state index in [0.29, 0.717) is 13.0 Å². The highest BCUT2D eigenvalue weighted by molar-refractivity contribution is 5.35. The lowest BCUT2D eigenvalue weighted by atomic mass is 9.95. The SMILES string of the molecule is NCC(CCO)c1ccccc1O. The number of phenols is 1. The summed E-state index contributed by atoms with van der Waals surface area (Å²) in [6.07, 6.45) is 0.591. The molecule has 3 nitrogen and oxygen atoms in total. The minimum atomic E-state index is 0.0474. The van der Waals surface area contributed by atoms with Crippen LogP contribution in [0, 0.1) is 0 Å². The molecular weight excluding hydrogens is 166 g/mol. The van der Waals surface area contributed by atoms with E-state index in [1.807, 2.05) is 12.1 Å². The summed E-state index contributed by atoms with van der Waals surface area (Å²) in [4.78, 5) is 0. The third-order valence-corrected chi connectivity index (χ3v) is 2.14. The smallest absolute Gasteiger partial charge is 0.119 e. The van der Waals surface area contributed by atoms with Gasteiger partial charge in [-0.2, -0.15) is 0 Å². The average molecular weight is 181 g/mol. The maximum Gasteiger partial charge on any atom is 0.119 e. The molecule has 0 aliphatic carbocycles. The Morgan fingerprint density at radius 2 is 2.00 bits per heavy atom. The van der Waals surface area contributed by atoms with Gasteiger partial charge in [0.2, 0.25) is 0 Å². The zero-order valence-corrected chi connectivity index (χ0v) is 7.48. The van der Waals surface area contributed by atoms with Crippen LogP contribution in [0.2, 0.25) is 0 Å². The molecule has 0 bridgehead atoms. The fraction of sp³-hybridized carbons (Fsp3) is 0.400. The van der Waals surface area contributed by atoms with Crippen molar-refractivity contribution in [2.75, 3.05) is 13.2 Å². The highest BCUT2D eigenvalue weighted by Gasteiger charge is 2.11. The van der Waals surface area contributed by atoms with E-state index in [1.54, 1.807) is 12.1 Å². The van der Waals surface area contributed by atoms with Gasteiger partial charge in [0, 0.05) is 12.5 Å². The Kier molecular flexibility index (Phi) is 3.73. The summed E-state index contributed by atoms with van der Waals surface area (Å²) in [7, 11) is 0. The van der Waals surface area contributed by atoms with Crippen molar-refractivity contribution in [2.24, 2.45) is 5.73 Å². The van der Waals surface area contributed by atoms with Crippen LogP contribution < -0.4 is 5.73 Å². The number of rotatable bonds is 4. The Labute approximate surface area is 77.8 Å². The summed E-state index contributed by atoms with van der Waals surface area (Å²) in [5, 5.41) is 18.3. The van der Waals surface area contributed by atoms with Crippen LogP contribution in [0.1, 0.15) is 17.9 Å². The van der Waals surface area contributed by atoms with Gasteiger partial charge in [-0.15, -0.1) is 0 Å². The molecule has 1 aromatic carbocycles. The second-order valence-corrected chi connectivity index (χ2v) is 3.00. The van der Waals surface area contributed by atoms with Crippen LogP contribution in [0.15, 0.2) is 24.3 Å². The molecule has 0 aliphatic heterocycles. The molecule has 0 saturated carbocycles. The first kappa shape index (κ1) is 10.0. The molecule has 0 heterocycles. The molecule has 1 rings (SSSR count). The molecule has 1 unspecified atom stereocenters. The van der Waals surface area contributed by atoms with Crippen molar-refractivity contribution in [2.45, 2.75) is 12.3 Å². The van der Waals surface area contributed by atoms with Crippen LogP contribution in [0.5, 0.6) is 5.75 Å². The van der Waals surface area contributed by atoms with Crippen molar-refractivity contribution in [3.63, 3.8) is 0 Å². The lowest BCUT2D eigenvalue weighted by Gasteiger charge is -2.14. The number of para-hydroxylation sites is 1. The Morgan fingerprint density at radius 1 is 1.31 bits per heavy atom. The number of hydrogen-bond donors (Lipinski definition) is 3. The molecule has 1 atom stereocenters. The van der Waals surface area contributed by atoms with Crippen molar-refractivity contribution < 1.29 is 10.2 Å². The summed E-state index contributed by atoms with van der Waals surface area (Å²) < 4.78 is 0. The standard InChI is InChI=1S/C10H15NO2/c11-7-8(5-6-12)9-3-1-2-4-10(9)13/h1-4,8,12-13H,5-7,11H2. The Hall–Kier alpha value is -1.06. The minimum absolute atomic E-state index is 0.0474. The van der Waals surface area contributed by atoms with Crippen LogP contribution in [-0.2, 0) is 0 Å². The molecule has 72 valence electrons. The van der Waals surface area contributed by atoms with E-state index in [4.69, 9.17) is 10.8 Å². The highest BCUT2D eigenvalue weighted by atomic mass is 16.3. The summed E-state index contributed by atoms with van der Waals surface area (Å²) in [5.74, 6) is 0.303. The molecule has 3 heteroatoms. The van der Waals surface area contributed by atoms with Crippen LogP contribution in [0.3, 0.4) is 0 Å². The second kappa shape index (κ2) is 4.84. The van der Waals surface area contributed by atoms with Gasteiger partial charge >= 0.3 is 0 Å². The van der Waals surface area contributed by atoms with Crippen molar-refractivity contribution >= 4 is 0 Å². The summed E-state index contributed by atoms with van der Waals surface area (Å²) in [6.45, 7) is 0.536. The number of nitrogens with two attached hydrogens (primary N) is 1. The normalized spacial score (nSPS) is 12.8. The zero-order valence-electron chi connectivity index (χ0n) is 7.48. The fourth-order valence-corrected chi connectivity index (χ4v) is 1.39. The predicted molar refractivity (Wildman–Crippen MR) is 51.6 cm³/mol. The molecule has 1 aromatic rings. The Balaban J connectivity index is 2.84. The van der Waals surface area contributed by atoms with E-state index in [1.165, 1.54) is 0 Å². The second-order valence-electron chi connectivity index (χ2n) is 3.00. The predicted octanol–water partition coefficient (Wildman–Crippen LogP) is 0.817. The van der Waals surface area contributed by atoms with Crippen LogP contribution in [-0.4, -0.2) is 23.4 Å². The monoisotopic (exact) mass is 181 g/mol. The maximum absolute atomic E-state index is 9.50. The Bertz CT molecular complexity index is 263. The number of hydrogen-bond acceptors (Lipinski definition) is 3. The first-order valence-corrected chi connectivity index (χ1v) is 4.38. The Morgan fingerprint density at radius 3 is 2.54 bits per heavy atom. The summed E-state index contributed by atoms with van der Waals surface area (Å²) in [6, 6.07) is 7.10. The van der Waals surface area contributed by atoms with E-state index in [2.05, 4.69) is 0 Å². The van der Waals surface area contributed by atoms with Gasteiger partial charge in [0.15, 0.2) is 0 Å². The molecule has 0 radical (unpaired) electrons. The lowest BCUT2D eigenvalue weighted by Crippen LogP contribution is -2.13. The number of phenolic OH excluding ortho intramolecular Hbond substituents is 1. The molecule has 0 aliphatic rings. The topological polar surface area (TPSA) is 66.5 Å². The quantitative estimate of drug-likeness (QED) is 0.644. The van der Waals surface area contributed by atoms with E-state index >= 15 is 0 Å². The molecule has 13 heavy (non-hydrogen) atoms. The van der Waals surface area contributed by atoms with Gasteiger partial charge in [0.1, 0.15) is 5.75 Å². The van der Waals surface area contributed by atoms with Crippen molar-refractivity contribution in [1.82, 2.24) is 0 Å². The largest absolute Gasteiger partial charge is 0.508 e. The number of aliphatic hydroxyl groups excluding tert-OH is 1. The van der Waals surface area contributed by atoms with Crippen LogP contribution in [0.25, 0.3) is 0 Å². The minimum Gasteiger partial charge on any atom is -0.508 e. The molecule has 0 fully saturated rings. The van der Waals surface area contributed by atoms with Gasteiger partial charge in [-0.05, 0) is 24.6 Å². The van der Waals surface area contributed by atoms with Crippen molar-refractivity contribution in [3.05, 3.63) is 29.8 Å². The number of aromatic hydroxyl groups is 1. The number of benzene rings is 1. The average Bonchev–Trinajstić information content (AvgIpc) is 2.16. The van der Waals surface area contributed by atoms with E-state index in [-0.39, 0.29) is 18.3 Å². The molecule has 0 saturated heterocycles. The number of aliphatic hydroxyl groups is 1. The third-order valence-electron chi connectivity index (χ3n) is 2.14. The lowest BCUT2D eigenvalue weighted by molar-refractivity contribution is 0.275. The first-order valence-electron chi connectivity index (χ1n) is 4.38. The van der Waals surface area contributed by atoms with Gasteiger partial charge in [-0.25, -0.2) is 0 Å². The van der Waals surface area contributed by atoms with Crippen molar-refractivity contribution in [1.29, 1.82) is 0 Å². The van der Waals surface area contributed by atoms with E-state index in [9.17, 15) is 5.11 Å². The van der Waals surface area contributed by atoms with E-state index in [0.717, 1.165) is 5.56 Å². The third kappa shape index (κ3) is 2.44. The van der Waals surface area contributed by atoms with Crippen LogP contribution in [0.4, 0.5) is 0 Å². The highest BCUT2D eigenvalue weighted by Crippen LogP contribution is 2.26. The fourth-order valence-electron chi connectivity index (χ4n) is 1.39. The van der Waals surface area contributed by atoms with Gasteiger partial charge in [-0.3, -0.25) is 0 Å². The molecular formula is C10H15NO2. The molecule has 4 N–H and O–H groups in total. The first-order chi connectivity index (χ1) is 6.29. The van der Waals surface area contributed by atoms with Crippen LogP contribution >= 0.6 is 0 Å². The van der Waals surface area contributed by atoms with Gasteiger partial charge in [0.25, 0.3) is 0 Å². The van der Waals surface area contributed by atoms with Gasteiger partial charge < -0.3 is 15.9 Å². The summed E-state index contributed by atoms with van der Waals surface area (Å²) in [5.41, 5.74) is 6.36.